The lowest BCUT2D eigenvalue weighted by molar-refractivity contribution is 0.436. The number of para-hydroxylation sites is 1. The molecule has 2 aromatic carbocycles. The molecule has 0 radical (unpaired) electrons. The van der Waals surface area contributed by atoms with Gasteiger partial charge in [0.1, 0.15) is 11.2 Å². The minimum absolute atomic E-state index is 0.160. The summed E-state index contributed by atoms with van der Waals surface area (Å²) >= 11 is 0. The van der Waals surface area contributed by atoms with Gasteiger partial charge in [0.25, 0.3) is 0 Å². The van der Waals surface area contributed by atoms with Gasteiger partial charge in [-0.05, 0) is 59.7 Å². The highest BCUT2D eigenvalue weighted by Gasteiger charge is 2.27. The van der Waals surface area contributed by atoms with Gasteiger partial charge >= 0.3 is 0 Å². The van der Waals surface area contributed by atoms with Crippen LogP contribution in [0.3, 0.4) is 0 Å². The Morgan fingerprint density at radius 2 is 1.70 bits per heavy atom. The Hall–Kier alpha value is -2.39. The maximum atomic E-state index is 6.46. The predicted molar refractivity (Wildman–Crippen MR) is 133 cm³/mol. The smallest absolute Gasteiger partial charge is 0.144 e. The van der Waals surface area contributed by atoms with Crippen molar-refractivity contribution in [3.05, 3.63) is 59.8 Å². The number of aryl methyl sites for hydroxylation is 1. The van der Waals surface area contributed by atoms with Crippen LogP contribution in [0.5, 0.6) is 0 Å². The number of aromatic nitrogens is 1. The van der Waals surface area contributed by atoms with E-state index in [0.29, 0.717) is 0 Å². The SMILES string of the molecule is CCC(C)(CC)c1cc(-c2ccc([Si](C)(C)C)c3c2oc2ccccc23)ncc1C. The second kappa shape index (κ2) is 7.38. The number of hydrogen-bond acceptors (Lipinski definition) is 2. The number of hydrogen-bond donors (Lipinski definition) is 0. The Morgan fingerprint density at radius 1 is 1.00 bits per heavy atom. The first-order valence-corrected chi connectivity index (χ1v) is 14.6. The second-order valence-electron chi connectivity index (χ2n) is 9.87. The van der Waals surface area contributed by atoms with Crippen LogP contribution in [0.25, 0.3) is 33.2 Å². The van der Waals surface area contributed by atoms with E-state index in [1.807, 2.05) is 6.20 Å². The molecule has 4 rings (SSSR count). The fourth-order valence-electron chi connectivity index (χ4n) is 4.61. The van der Waals surface area contributed by atoms with Crippen molar-refractivity contribution in [3.63, 3.8) is 0 Å². The van der Waals surface area contributed by atoms with Crippen LogP contribution in [0.15, 0.2) is 53.1 Å². The van der Waals surface area contributed by atoms with Gasteiger partial charge in [-0.3, -0.25) is 4.98 Å². The molecule has 0 atom stereocenters. The largest absolute Gasteiger partial charge is 0.455 e. The molecule has 2 nitrogen and oxygen atoms in total. The van der Waals surface area contributed by atoms with Crippen molar-refractivity contribution in [2.75, 3.05) is 0 Å². The third-order valence-electron chi connectivity index (χ3n) is 6.92. The zero-order chi connectivity index (χ0) is 21.7. The highest BCUT2D eigenvalue weighted by Crippen LogP contribution is 2.38. The molecule has 0 fully saturated rings. The van der Waals surface area contributed by atoms with Crippen molar-refractivity contribution >= 4 is 35.2 Å². The zero-order valence-corrected chi connectivity index (χ0v) is 20.4. The van der Waals surface area contributed by atoms with Gasteiger partial charge in [-0.25, -0.2) is 0 Å². The fraction of sp³-hybridized carbons (Fsp3) is 0.370. The molecule has 0 bridgehead atoms. The molecule has 156 valence electrons. The average Bonchev–Trinajstić information content (AvgIpc) is 3.12. The van der Waals surface area contributed by atoms with Crippen molar-refractivity contribution < 1.29 is 4.42 Å². The highest BCUT2D eigenvalue weighted by atomic mass is 28.3. The van der Waals surface area contributed by atoms with Gasteiger partial charge in [0.15, 0.2) is 0 Å². The molecule has 3 heteroatoms. The molecule has 0 saturated carbocycles. The van der Waals surface area contributed by atoms with E-state index in [1.54, 1.807) is 0 Å². The molecule has 0 N–H and O–H groups in total. The topological polar surface area (TPSA) is 26.0 Å². The third kappa shape index (κ3) is 3.29. The molecule has 0 unspecified atom stereocenters. The van der Waals surface area contributed by atoms with Gasteiger partial charge in [-0.2, -0.15) is 0 Å². The van der Waals surface area contributed by atoms with Crippen LogP contribution in [-0.4, -0.2) is 13.1 Å². The van der Waals surface area contributed by atoms with Crippen LogP contribution >= 0.6 is 0 Å². The molecule has 2 heterocycles. The van der Waals surface area contributed by atoms with E-state index in [4.69, 9.17) is 9.40 Å². The summed E-state index contributed by atoms with van der Waals surface area (Å²) in [6.07, 6.45) is 4.26. The molecule has 4 aromatic rings. The number of fused-ring (bicyclic) bond motifs is 3. The maximum absolute atomic E-state index is 6.46. The molecule has 0 spiro atoms. The van der Waals surface area contributed by atoms with Crippen LogP contribution in [0, 0.1) is 6.92 Å². The second-order valence-corrected chi connectivity index (χ2v) is 14.9. The van der Waals surface area contributed by atoms with Crippen LogP contribution in [0.2, 0.25) is 19.6 Å². The molecule has 0 aliphatic rings. The van der Waals surface area contributed by atoms with Crippen LogP contribution in [-0.2, 0) is 5.41 Å². The summed E-state index contributed by atoms with van der Waals surface area (Å²) in [5.41, 5.74) is 6.87. The Bertz CT molecular complexity index is 1230. The quantitative estimate of drug-likeness (QED) is 0.314. The monoisotopic (exact) mass is 415 g/mol. The third-order valence-corrected chi connectivity index (χ3v) is 8.96. The lowest BCUT2D eigenvalue weighted by Crippen LogP contribution is -2.37. The van der Waals surface area contributed by atoms with Crippen molar-refractivity contribution in [2.45, 2.75) is 65.6 Å². The predicted octanol–water partition coefficient (Wildman–Crippen LogP) is 7.58. The lowest BCUT2D eigenvalue weighted by Gasteiger charge is -2.29. The Kier molecular flexibility index (Phi) is 5.14. The van der Waals surface area contributed by atoms with E-state index in [9.17, 15) is 0 Å². The molecule has 2 aromatic heterocycles. The minimum Gasteiger partial charge on any atom is -0.455 e. The molecule has 0 aliphatic heterocycles. The summed E-state index contributed by atoms with van der Waals surface area (Å²) in [6.45, 7) is 16.3. The first-order chi connectivity index (χ1) is 14.2. The normalized spacial score (nSPS) is 12.8. The van der Waals surface area contributed by atoms with Crippen molar-refractivity contribution in [3.8, 4) is 11.3 Å². The summed E-state index contributed by atoms with van der Waals surface area (Å²) in [5, 5.41) is 3.94. The van der Waals surface area contributed by atoms with Crippen molar-refractivity contribution in [2.24, 2.45) is 0 Å². The Morgan fingerprint density at radius 3 is 2.37 bits per heavy atom. The van der Waals surface area contributed by atoms with Gasteiger partial charge < -0.3 is 4.42 Å². The van der Waals surface area contributed by atoms with Gasteiger partial charge in [-0.15, -0.1) is 0 Å². The molecule has 0 amide bonds. The summed E-state index contributed by atoms with van der Waals surface area (Å²) in [5.74, 6) is 0. The minimum atomic E-state index is -1.54. The summed E-state index contributed by atoms with van der Waals surface area (Å²) in [4.78, 5) is 4.85. The van der Waals surface area contributed by atoms with Crippen molar-refractivity contribution in [1.82, 2.24) is 4.98 Å². The number of nitrogens with zero attached hydrogens (tertiary/aromatic N) is 1. The van der Waals surface area contributed by atoms with E-state index in [-0.39, 0.29) is 5.41 Å². The van der Waals surface area contributed by atoms with E-state index in [0.717, 1.165) is 35.3 Å². The summed E-state index contributed by atoms with van der Waals surface area (Å²) in [6, 6.07) is 15.3. The maximum Gasteiger partial charge on any atom is 0.144 e. The Balaban J connectivity index is 2.04. The molecule has 0 aliphatic carbocycles. The summed E-state index contributed by atoms with van der Waals surface area (Å²) in [7, 11) is -1.54. The molecule has 30 heavy (non-hydrogen) atoms. The molecule has 0 saturated heterocycles. The van der Waals surface area contributed by atoms with Gasteiger partial charge in [0.2, 0.25) is 0 Å². The van der Waals surface area contributed by atoms with Crippen LogP contribution in [0.4, 0.5) is 0 Å². The first kappa shape index (κ1) is 20.9. The van der Waals surface area contributed by atoms with Crippen LogP contribution in [0.1, 0.15) is 44.7 Å². The van der Waals surface area contributed by atoms with E-state index in [1.165, 1.54) is 27.1 Å². The van der Waals surface area contributed by atoms with Gasteiger partial charge in [-0.1, -0.05) is 64.7 Å². The highest BCUT2D eigenvalue weighted by molar-refractivity contribution is 6.90. The van der Waals surface area contributed by atoms with E-state index < -0.39 is 8.07 Å². The summed E-state index contributed by atoms with van der Waals surface area (Å²) < 4.78 is 6.46. The number of rotatable bonds is 5. The Labute approximate surface area is 181 Å². The van der Waals surface area contributed by atoms with Gasteiger partial charge in [0.05, 0.1) is 13.8 Å². The van der Waals surface area contributed by atoms with Crippen LogP contribution < -0.4 is 5.19 Å². The first-order valence-electron chi connectivity index (χ1n) is 11.1. The molecular formula is C27H33NOSi. The molecular weight excluding hydrogens is 382 g/mol. The van der Waals surface area contributed by atoms with E-state index in [2.05, 4.69) is 89.8 Å². The van der Waals surface area contributed by atoms with Gasteiger partial charge in [0, 0.05) is 22.5 Å². The van der Waals surface area contributed by atoms with Crippen molar-refractivity contribution in [1.29, 1.82) is 0 Å². The zero-order valence-electron chi connectivity index (χ0n) is 19.4. The lowest BCUT2D eigenvalue weighted by atomic mass is 9.76. The number of furan rings is 1. The standard InChI is InChI=1S/C27H33NOSi/c1-8-27(4,9-2)21-16-22(28-17-18(21)3)19-14-15-24(30(5,6)7)25-20-12-10-11-13-23(20)29-26(19)25/h10-17H,8-9H2,1-7H3. The number of pyridine rings is 1. The fourth-order valence-corrected chi connectivity index (χ4v) is 6.19. The number of benzene rings is 2. The van der Waals surface area contributed by atoms with E-state index >= 15 is 0 Å². The average molecular weight is 416 g/mol.